The average molecular weight is 499 g/mol. The van der Waals surface area contributed by atoms with Crippen LogP contribution in [0.4, 0.5) is 5.69 Å². The van der Waals surface area contributed by atoms with Gasteiger partial charge < -0.3 is 4.90 Å². The Bertz CT molecular complexity index is 1240. The Balaban J connectivity index is 1.27. The summed E-state index contributed by atoms with van der Waals surface area (Å²) < 4.78 is 27.5. The number of amides is 2. The number of hydrazine groups is 1. The van der Waals surface area contributed by atoms with Gasteiger partial charge in [-0.3, -0.25) is 20.4 Å². The molecular formula is C24H26N4O4S2. The number of sulfonamides is 1. The predicted molar refractivity (Wildman–Crippen MR) is 132 cm³/mol. The number of thiophene rings is 1. The number of nitrogens with zero attached hydrogens (tertiary/aromatic N) is 1. The van der Waals surface area contributed by atoms with Crippen molar-refractivity contribution in [2.75, 3.05) is 24.5 Å². The molecule has 1 aliphatic heterocycles. The second-order valence-electron chi connectivity index (χ2n) is 7.91. The summed E-state index contributed by atoms with van der Waals surface area (Å²) in [4.78, 5) is 27.9. The summed E-state index contributed by atoms with van der Waals surface area (Å²) in [7, 11) is -3.67. The van der Waals surface area contributed by atoms with E-state index in [2.05, 4.69) is 21.6 Å². The van der Waals surface area contributed by atoms with E-state index in [1.807, 2.05) is 40.6 Å². The molecule has 34 heavy (non-hydrogen) atoms. The number of rotatable bonds is 8. The van der Waals surface area contributed by atoms with Crippen molar-refractivity contribution in [3.05, 3.63) is 82.0 Å². The lowest BCUT2D eigenvalue weighted by Gasteiger charge is -2.30. The third-order valence-electron chi connectivity index (χ3n) is 5.53. The number of fused-ring (bicyclic) bond motifs is 1. The van der Waals surface area contributed by atoms with Crippen molar-refractivity contribution in [1.82, 2.24) is 15.6 Å². The molecule has 0 saturated heterocycles. The van der Waals surface area contributed by atoms with Gasteiger partial charge in [0.1, 0.15) is 0 Å². The molecule has 0 atom stereocenters. The Kier molecular flexibility index (Phi) is 7.61. The van der Waals surface area contributed by atoms with Crippen molar-refractivity contribution in [1.29, 1.82) is 0 Å². The van der Waals surface area contributed by atoms with Crippen molar-refractivity contribution in [2.24, 2.45) is 0 Å². The predicted octanol–water partition coefficient (Wildman–Crippen LogP) is 2.48. The zero-order valence-electron chi connectivity index (χ0n) is 18.5. The van der Waals surface area contributed by atoms with Crippen molar-refractivity contribution >= 4 is 38.9 Å². The van der Waals surface area contributed by atoms with Gasteiger partial charge in [-0.15, -0.1) is 11.3 Å². The van der Waals surface area contributed by atoms with Crippen LogP contribution in [0.15, 0.2) is 70.9 Å². The number of hydrogen-bond acceptors (Lipinski definition) is 6. The number of carbonyl (C=O) groups is 2. The molecule has 0 fully saturated rings. The molecule has 0 aliphatic carbocycles. The SMILES string of the molecule is O=C(CN1CCCc2ccccc21)NNC(=O)c1ccc(S(=O)(=O)NCCc2cccs2)cc1. The van der Waals surface area contributed by atoms with E-state index in [-0.39, 0.29) is 22.9 Å². The van der Waals surface area contributed by atoms with Crippen LogP contribution in [0.5, 0.6) is 0 Å². The molecule has 10 heteroatoms. The second-order valence-corrected chi connectivity index (χ2v) is 10.7. The first kappa shape index (κ1) is 23.9. The largest absolute Gasteiger partial charge is 0.362 e. The fraction of sp³-hybridized carbons (Fsp3) is 0.250. The van der Waals surface area contributed by atoms with Crippen molar-refractivity contribution in [3.8, 4) is 0 Å². The molecule has 0 radical (unpaired) electrons. The highest BCUT2D eigenvalue weighted by atomic mass is 32.2. The first-order chi connectivity index (χ1) is 16.4. The van der Waals surface area contributed by atoms with Crippen LogP contribution in [0, 0.1) is 0 Å². The quantitative estimate of drug-likeness (QED) is 0.414. The molecule has 2 aromatic carbocycles. The van der Waals surface area contributed by atoms with Crippen LogP contribution in [0.3, 0.4) is 0 Å². The second kappa shape index (κ2) is 10.8. The van der Waals surface area contributed by atoms with E-state index in [1.165, 1.54) is 29.8 Å². The molecule has 2 amide bonds. The molecule has 1 aromatic heterocycles. The third-order valence-corrected chi connectivity index (χ3v) is 7.94. The summed E-state index contributed by atoms with van der Waals surface area (Å²) >= 11 is 1.58. The van der Waals surface area contributed by atoms with Crippen molar-refractivity contribution in [3.63, 3.8) is 0 Å². The summed E-state index contributed by atoms with van der Waals surface area (Å²) in [5.74, 6) is -0.860. The number of benzene rings is 2. The molecule has 0 saturated carbocycles. The summed E-state index contributed by atoms with van der Waals surface area (Å²) in [5.41, 5.74) is 7.31. The van der Waals surface area contributed by atoms with Gasteiger partial charge in [-0.05, 0) is 66.6 Å². The van der Waals surface area contributed by atoms with Crippen LogP contribution in [0.25, 0.3) is 0 Å². The lowest BCUT2D eigenvalue weighted by atomic mass is 10.0. The van der Waals surface area contributed by atoms with Crippen LogP contribution in [0.1, 0.15) is 27.2 Å². The Morgan fingerprint density at radius 3 is 2.53 bits per heavy atom. The minimum Gasteiger partial charge on any atom is -0.362 e. The molecule has 3 aromatic rings. The summed E-state index contributed by atoms with van der Waals surface area (Å²) in [6.45, 7) is 1.19. The monoisotopic (exact) mass is 498 g/mol. The molecule has 1 aliphatic rings. The van der Waals surface area contributed by atoms with Crippen LogP contribution in [-0.2, 0) is 27.7 Å². The van der Waals surface area contributed by atoms with E-state index in [4.69, 9.17) is 0 Å². The molecule has 3 N–H and O–H groups in total. The number of carbonyl (C=O) groups excluding carboxylic acids is 2. The summed E-state index contributed by atoms with van der Waals surface area (Å²) in [6, 6.07) is 17.4. The van der Waals surface area contributed by atoms with Crippen molar-refractivity contribution < 1.29 is 18.0 Å². The fourth-order valence-electron chi connectivity index (χ4n) is 3.82. The molecular weight excluding hydrogens is 472 g/mol. The zero-order valence-corrected chi connectivity index (χ0v) is 20.1. The molecule has 4 rings (SSSR count). The van der Waals surface area contributed by atoms with Crippen LogP contribution >= 0.6 is 11.3 Å². The Labute approximate surface area is 203 Å². The Morgan fingerprint density at radius 2 is 1.76 bits per heavy atom. The number of nitrogens with one attached hydrogen (secondary N) is 3. The van der Waals surface area contributed by atoms with Gasteiger partial charge in [0.2, 0.25) is 10.0 Å². The van der Waals surface area contributed by atoms with Gasteiger partial charge in [0.05, 0.1) is 11.4 Å². The zero-order chi connectivity index (χ0) is 24.0. The van der Waals surface area contributed by atoms with E-state index in [0.29, 0.717) is 13.0 Å². The van der Waals surface area contributed by atoms with E-state index in [9.17, 15) is 18.0 Å². The molecule has 0 spiro atoms. The Morgan fingerprint density at radius 1 is 0.971 bits per heavy atom. The van der Waals surface area contributed by atoms with E-state index in [0.717, 1.165) is 30.0 Å². The van der Waals surface area contributed by atoms with Gasteiger partial charge in [0, 0.05) is 29.2 Å². The highest BCUT2D eigenvalue weighted by molar-refractivity contribution is 7.89. The molecule has 0 unspecified atom stereocenters. The lowest BCUT2D eigenvalue weighted by Crippen LogP contribution is -2.47. The van der Waals surface area contributed by atoms with Gasteiger partial charge in [0.25, 0.3) is 11.8 Å². The summed E-state index contributed by atoms with van der Waals surface area (Å²) in [5, 5.41) is 1.95. The fourth-order valence-corrected chi connectivity index (χ4v) is 5.56. The highest BCUT2D eigenvalue weighted by Gasteiger charge is 2.19. The standard InChI is InChI=1S/C24H26N4O4S2/c29-23(17-28-15-3-6-18-5-1-2-8-22(18)28)26-27-24(30)19-9-11-21(12-10-19)34(31,32)25-14-13-20-7-4-16-33-20/h1-2,4-5,7-12,16,25H,3,6,13-15,17H2,(H,26,29)(H,27,30). The molecule has 0 bridgehead atoms. The van der Waals surface area contributed by atoms with Gasteiger partial charge in [0.15, 0.2) is 0 Å². The maximum Gasteiger partial charge on any atom is 0.269 e. The molecule has 2 heterocycles. The average Bonchev–Trinajstić information content (AvgIpc) is 3.36. The third kappa shape index (κ3) is 6.02. The smallest absolute Gasteiger partial charge is 0.269 e. The van der Waals surface area contributed by atoms with Crippen LogP contribution in [-0.4, -0.2) is 39.9 Å². The van der Waals surface area contributed by atoms with Crippen LogP contribution < -0.4 is 20.5 Å². The topological polar surface area (TPSA) is 108 Å². The minimum atomic E-state index is -3.67. The van der Waals surface area contributed by atoms with Crippen molar-refractivity contribution in [2.45, 2.75) is 24.2 Å². The van der Waals surface area contributed by atoms with Gasteiger partial charge in [-0.25, -0.2) is 13.1 Å². The highest BCUT2D eigenvalue weighted by Crippen LogP contribution is 2.26. The maximum atomic E-state index is 12.5. The summed E-state index contributed by atoms with van der Waals surface area (Å²) in [6.07, 6.45) is 2.57. The van der Waals surface area contributed by atoms with E-state index >= 15 is 0 Å². The van der Waals surface area contributed by atoms with E-state index < -0.39 is 15.9 Å². The maximum absolute atomic E-state index is 12.5. The molecule has 8 nitrogen and oxygen atoms in total. The lowest BCUT2D eigenvalue weighted by molar-refractivity contribution is -0.120. The van der Waals surface area contributed by atoms with Gasteiger partial charge in [-0.1, -0.05) is 24.3 Å². The van der Waals surface area contributed by atoms with Gasteiger partial charge >= 0.3 is 0 Å². The van der Waals surface area contributed by atoms with Gasteiger partial charge in [-0.2, -0.15) is 0 Å². The number of anilines is 1. The number of para-hydroxylation sites is 1. The first-order valence-corrected chi connectivity index (χ1v) is 13.3. The Hall–Kier alpha value is -3.21. The molecule has 178 valence electrons. The first-order valence-electron chi connectivity index (χ1n) is 11.0. The number of aryl methyl sites for hydroxylation is 1. The number of hydrogen-bond donors (Lipinski definition) is 3. The van der Waals surface area contributed by atoms with Crippen LogP contribution in [0.2, 0.25) is 0 Å². The normalized spacial score (nSPS) is 13.2. The minimum absolute atomic E-state index is 0.0722. The van der Waals surface area contributed by atoms with E-state index in [1.54, 1.807) is 11.3 Å².